The first-order valence-corrected chi connectivity index (χ1v) is 11.5. The van der Waals surface area contributed by atoms with Gasteiger partial charge in [0, 0.05) is 32.6 Å². The first-order chi connectivity index (χ1) is 14.9. The Morgan fingerprint density at radius 3 is 2.55 bits per heavy atom. The highest BCUT2D eigenvalue weighted by molar-refractivity contribution is 8.15. The Labute approximate surface area is 186 Å². The number of hydrogen-bond donors (Lipinski definition) is 1. The van der Waals surface area contributed by atoms with E-state index >= 15 is 0 Å². The molecule has 1 atom stereocenters. The van der Waals surface area contributed by atoms with Crippen molar-refractivity contribution in [2.24, 2.45) is 16.1 Å². The summed E-state index contributed by atoms with van der Waals surface area (Å²) in [6.07, 6.45) is 3.25. The van der Waals surface area contributed by atoms with Crippen molar-refractivity contribution in [3.8, 4) is 5.75 Å². The van der Waals surface area contributed by atoms with Gasteiger partial charge in [-0.3, -0.25) is 14.4 Å². The van der Waals surface area contributed by atoms with Crippen LogP contribution in [0.2, 0.25) is 0 Å². The molecule has 3 heterocycles. The predicted octanol–water partition coefficient (Wildman–Crippen LogP) is 1.43. The lowest BCUT2D eigenvalue weighted by Crippen LogP contribution is -2.45. The van der Waals surface area contributed by atoms with Crippen LogP contribution >= 0.6 is 11.8 Å². The highest BCUT2D eigenvalue weighted by Gasteiger charge is 2.43. The molecule has 0 bridgehead atoms. The van der Waals surface area contributed by atoms with Crippen LogP contribution in [0.5, 0.6) is 5.75 Å². The summed E-state index contributed by atoms with van der Waals surface area (Å²) in [5.41, 5.74) is 6.61. The van der Waals surface area contributed by atoms with E-state index in [0.717, 1.165) is 30.6 Å². The van der Waals surface area contributed by atoms with Crippen LogP contribution in [0.3, 0.4) is 0 Å². The highest BCUT2D eigenvalue weighted by Crippen LogP contribution is 2.41. The normalized spacial score (nSPS) is 22.7. The van der Waals surface area contributed by atoms with Crippen LogP contribution in [0.25, 0.3) is 0 Å². The van der Waals surface area contributed by atoms with Crippen LogP contribution in [0.4, 0.5) is 0 Å². The average Bonchev–Trinajstić information content (AvgIpc) is 3.31. The summed E-state index contributed by atoms with van der Waals surface area (Å²) >= 11 is 1.17. The fraction of sp³-hybridized carbons (Fsp3) is 0.545. The Morgan fingerprint density at radius 1 is 1.19 bits per heavy atom. The van der Waals surface area contributed by atoms with E-state index in [1.807, 2.05) is 34.1 Å². The maximum absolute atomic E-state index is 12.8. The number of likely N-dealkylation sites (tertiary alicyclic amines) is 2. The minimum absolute atomic E-state index is 0.0100. The van der Waals surface area contributed by atoms with Crippen LogP contribution in [-0.4, -0.2) is 71.2 Å². The van der Waals surface area contributed by atoms with E-state index in [-0.39, 0.29) is 34.7 Å². The fourth-order valence-electron chi connectivity index (χ4n) is 4.68. The van der Waals surface area contributed by atoms with Gasteiger partial charge in [-0.15, -0.1) is 0 Å². The van der Waals surface area contributed by atoms with Crippen LogP contribution in [0.1, 0.15) is 31.2 Å². The van der Waals surface area contributed by atoms with Gasteiger partial charge in [0.2, 0.25) is 11.8 Å². The fourth-order valence-corrected chi connectivity index (χ4v) is 5.49. The molecule has 4 rings (SSSR count). The van der Waals surface area contributed by atoms with Gasteiger partial charge in [0.1, 0.15) is 11.0 Å². The molecule has 3 aliphatic heterocycles. The molecular formula is C22H28N4O4S. The Hall–Kier alpha value is -2.55. The summed E-state index contributed by atoms with van der Waals surface area (Å²) in [6.45, 7) is 2.84. The van der Waals surface area contributed by atoms with Gasteiger partial charge in [0.05, 0.1) is 13.5 Å². The predicted molar refractivity (Wildman–Crippen MR) is 119 cm³/mol. The van der Waals surface area contributed by atoms with Crippen molar-refractivity contribution in [3.05, 3.63) is 29.8 Å². The molecular weight excluding hydrogens is 416 g/mol. The number of rotatable bonds is 5. The van der Waals surface area contributed by atoms with Crippen LogP contribution < -0.4 is 10.5 Å². The molecule has 1 aromatic rings. The number of nitrogens with zero attached hydrogens (tertiary/aromatic N) is 3. The van der Waals surface area contributed by atoms with Crippen molar-refractivity contribution in [3.63, 3.8) is 0 Å². The third kappa shape index (κ3) is 4.87. The molecule has 2 fully saturated rings. The molecule has 1 spiro atoms. The molecule has 0 aromatic heterocycles. The second-order valence-corrected chi connectivity index (χ2v) is 9.80. The van der Waals surface area contributed by atoms with Gasteiger partial charge in [-0.25, -0.2) is 0 Å². The maximum atomic E-state index is 12.8. The van der Waals surface area contributed by atoms with E-state index in [4.69, 9.17) is 10.5 Å². The van der Waals surface area contributed by atoms with Crippen molar-refractivity contribution < 1.29 is 19.1 Å². The molecule has 2 saturated heterocycles. The van der Waals surface area contributed by atoms with Crippen LogP contribution in [0, 0.1) is 5.41 Å². The number of aliphatic imine (C=N–C) groups is 1. The number of benzene rings is 1. The van der Waals surface area contributed by atoms with Gasteiger partial charge >= 0.3 is 0 Å². The number of carbonyl (C=O) groups excluding carboxylic acids is 3. The topological polar surface area (TPSA) is 105 Å². The number of piperidine rings is 1. The molecule has 3 amide bonds. The molecule has 2 N–H and O–H groups in total. The Kier molecular flexibility index (Phi) is 6.22. The number of carbonyl (C=O) groups is 3. The molecule has 1 aromatic carbocycles. The van der Waals surface area contributed by atoms with Gasteiger partial charge in [-0.05, 0) is 42.4 Å². The number of ether oxygens (including phenoxy) is 1. The average molecular weight is 445 g/mol. The zero-order chi connectivity index (χ0) is 22.0. The highest BCUT2D eigenvalue weighted by atomic mass is 32.2. The summed E-state index contributed by atoms with van der Waals surface area (Å²) < 4.78 is 5.24. The maximum Gasteiger partial charge on any atom is 0.262 e. The first-order valence-electron chi connectivity index (χ1n) is 10.6. The smallest absolute Gasteiger partial charge is 0.262 e. The summed E-state index contributed by atoms with van der Waals surface area (Å²) in [4.78, 5) is 44.8. The van der Waals surface area contributed by atoms with E-state index in [1.165, 1.54) is 11.8 Å². The van der Waals surface area contributed by atoms with Gasteiger partial charge in [0.15, 0.2) is 5.17 Å². The largest absolute Gasteiger partial charge is 0.497 e. The molecule has 8 nitrogen and oxygen atoms in total. The molecule has 166 valence electrons. The molecule has 0 saturated carbocycles. The quantitative estimate of drug-likeness (QED) is 0.737. The molecule has 1 unspecified atom stereocenters. The number of amides is 3. The van der Waals surface area contributed by atoms with Gasteiger partial charge < -0.3 is 20.3 Å². The summed E-state index contributed by atoms with van der Waals surface area (Å²) in [6, 6.07) is 7.61. The molecule has 9 heteroatoms. The van der Waals surface area contributed by atoms with Gasteiger partial charge in [-0.2, -0.15) is 4.99 Å². The second-order valence-electron chi connectivity index (χ2n) is 8.57. The standard InChI is InChI=1S/C22H28N4O4S/c1-30-16-4-2-3-15(11-16)12-18(27)25-8-5-22(6-9-25)7-10-26(14-22)19(28)13-17-20(29)24-21(23)31-17/h2-4,11,17H,5-10,12-14H2,1H3,(H2,23,24,29). The molecule has 31 heavy (non-hydrogen) atoms. The van der Waals surface area contributed by atoms with E-state index in [1.54, 1.807) is 7.11 Å². The Morgan fingerprint density at radius 2 is 1.90 bits per heavy atom. The lowest BCUT2D eigenvalue weighted by atomic mass is 9.77. The van der Waals surface area contributed by atoms with Crippen LogP contribution in [-0.2, 0) is 20.8 Å². The van der Waals surface area contributed by atoms with Crippen molar-refractivity contribution in [1.29, 1.82) is 0 Å². The second kappa shape index (κ2) is 8.90. The Balaban J connectivity index is 1.27. The van der Waals surface area contributed by atoms with E-state index in [9.17, 15) is 14.4 Å². The number of nitrogens with two attached hydrogens (primary N) is 1. The first kappa shape index (κ1) is 21.7. The number of hydrogen-bond acceptors (Lipinski definition) is 6. The lowest BCUT2D eigenvalue weighted by Gasteiger charge is -2.39. The van der Waals surface area contributed by atoms with Crippen molar-refractivity contribution in [2.75, 3.05) is 33.3 Å². The Bertz CT molecular complexity index is 911. The van der Waals surface area contributed by atoms with E-state index < -0.39 is 5.25 Å². The summed E-state index contributed by atoms with van der Waals surface area (Å²) in [7, 11) is 1.62. The SMILES string of the molecule is COc1cccc(CC(=O)N2CCC3(CC2)CCN(C(=O)CC2SC(N)=NC2=O)C3)c1. The van der Waals surface area contributed by atoms with Gasteiger partial charge in [-0.1, -0.05) is 23.9 Å². The number of methoxy groups -OCH3 is 1. The van der Waals surface area contributed by atoms with E-state index in [0.29, 0.717) is 32.6 Å². The van der Waals surface area contributed by atoms with Gasteiger partial charge in [0.25, 0.3) is 5.91 Å². The van der Waals surface area contributed by atoms with Crippen LogP contribution in [0.15, 0.2) is 29.3 Å². The minimum Gasteiger partial charge on any atom is -0.497 e. The lowest BCUT2D eigenvalue weighted by molar-refractivity contribution is -0.134. The van der Waals surface area contributed by atoms with E-state index in [2.05, 4.69) is 4.99 Å². The zero-order valence-corrected chi connectivity index (χ0v) is 18.5. The van der Waals surface area contributed by atoms with Crippen molar-refractivity contribution >= 4 is 34.7 Å². The third-order valence-corrected chi connectivity index (χ3v) is 7.56. The third-order valence-electron chi connectivity index (χ3n) is 6.58. The monoisotopic (exact) mass is 444 g/mol. The molecule has 0 aliphatic carbocycles. The van der Waals surface area contributed by atoms with Crippen molar-refractivity contribution in [1.82, 2.24) is 9.80 Å². The minimum atomic E-state index is -0.486. The summed E-state index contributed by atoms with van der Waals surface area (Å²) in [5, 5.41) is -0.244. The zero-order valence-electron chi connectivity index (χ0n) is 17.7. The van der Waals surface area contributed by atoms with Crippen molar-refractivity contribution in [2.45, 2.75) is 37.4 Å². The summed E-state index contributed by atoms with van der Waals surface area (Å²) in [5.74, 6) is 0.561. The number of thioether (sulfide) groups is 1. The number of amidine groups is 1. The molecule has 3 aliphatic rings. The molecule has 0 radical (unpaired) electrons.